The van der Waals surface area contributed by atoms with Crippen LogP contribution in [0.15, 0.2) is 58.8 Å². The number of benzene rings is 1. The largest absolute Gasteiger partial charge is 0.489 e. The minimum atomic E-state index is -0.160. The van der Waals surface area contributed by atoms with E-state index < -0.39 is 0 Å². The van der Waals surface area contributed by atoms with Gasteiger partial charge in [-0.25, -0.2) is 0 Å². The Labute approximate surface area is 221 Å². The number of aromatic amines is 1. The molecule has 1 N–H and O–H groups in total. The van der Waals surface area contributed by atoms with Crippen LogP contribution in [0.1, 0.15) is 61.0 Å². The summed E-state index contributed by atoms with van der Waals surface area (Å²) in [6.45, 7) is 6.64. The molecule has 8 heteroatoms. The monoisotopic (exact) mass is 514 g/mol. The average Bonchev–Trinajstić information content (AvgIpc) is 3.52. The van der Waals surface area contributed by atoms with Crippen LogP contribution in [0.4, 0.5) is 0 Å². The first-order valence-electron chi connectivity index (χ1n) is 13.7. The van der Waals surface area contributed by atoms with E-state index in [1.807, 2.05) is 40.8 Å². The number of hydrogen-bond donors (Lipinski definition) is 1. The van der Waals surface area contributed by atoms with E-state index in [1.165, 1.54) is 5.57 Å². The summed E-state index contributed by atoms with van der Waals surface area (Å²) < 4.78 is 13.8. The van der Waals surface area contributed by atoms with Crippen molar-refractivity contribution in [1.29, 1.82) is 0 Å². The van der Waals surface area contributed by atoms with Crippen molar-refractivity contribution in [2.24, 2.45) is 0 Å². The average molecular weight is 515 g/mol. The molecular weight excluding hydrogens is 480 g/mol. The highest BCUT2D eigenvalue weighted by Gasteiger charge is 2.30. The third-order valence-electron chi connectivity index (χ3n) is 7.99. The van der Waals surface area contributed by atoms with E-state index in [4.69, 9.17) is 9.47 Å². The SMILES string of the molecule is CCC1=CC(OC2CCN(C(=O)c3cc4c(cc3C)[nH]c(=O)c3cnn(C5CCOCC5)c34)C2)=CC=CC1. The van der Waals surface area contributed by atoms with Crippen LogP contribution in [0.25, 0.3) is 21.8 Å². The number of aryl methyl sites for hydroxylation is 1. The molecule has 38 heavy (non-hydrogen) atoms. The van der Waals surface area contributed by atoms with Crippen LogP contribution in [0.2, 0.25) is 0 Å². The number of hydrogen-bond acceptors (Lipinski definition) is 5. The molecule has 2 fully saturated rings. The lowest BCUT2D eigenvalue weighted by Gasteiger charge is -2.23. The minimum absolute atomic E-state index is 0.00786. The summed E-state index contributed by atoms with van der Waals surface area (Å²) in [5.74, 6) is 0.857. The van der Waals surface area contributed by atoms with Gasteiger partial charge >= 0.3 is 0 Å². The second-order valence-electron chi connectivity index (χ2n) is 10.5. The molecule has 0 radical (unpaired) electrons. The zero-order valence-electron chi connectivity index (χ0n) is 22.0. The molecule has 1 aliphatic carbocycles. The van der Waals surface area contributed by atoms with Gasteiger partial charge in [0.25, 0.3) is 11.5 Å². The maximum absolute atomic E-state index is 13.8. The number of rotatable bonds is 5. The number of allylic oxidation sites excluding steroid dienone is 5. The topological polar surface area (TPSA) is 89.5 Å². The maximum atomic E-state index is 13.8. The van der Waals surface area contributed by atoms with Crippen molar-refractivity contribution in [2.45, 2.75) is 58.1 Å². The van der Waals surface area contributed by atoms with Crippen molar-refractivity contribution in [3.8, 4) is 0 Å². The van der Waals surface area contributed by atoms with Crippen molar-refractivity contribution >= 4 is 27.7 Å². The molecule has 198 valence electrons. The summed E-state index contributed by atoms with van der Waals surface area (Å²) in [5.41, 5.74) is 4.18. The van der Waals surface area contributed by atoms with Gasteiger partial charge in [0.15, 0.2) is 0 Å². The first-order valence-corrected chi connectivity index (χ1v) is 13.7. The van der Waals surface area contributed by atoms with Crippen molar-refractivity contribution in [1.82, 2.24) is 19.7 Å². The molecule has 2 aliphatic heterocycles. The van der Waals surface area contributed by atoms with E-state index in [1.54, 1.807) is 6.20 Å². The molecule has 8 nitrogen and oxygen atoms in total. The van der Waals surface area contributed by atoms with Crippen LogP contribution in [0.5, 0.6) is 0 Å². The van der Waals surface area contributed by atoms with Gasteiger partial charge in [0, 0.05) is 37.1 Å². The molecule has 3 aromatic rings. The number of carbonyl (C=O) groups excluding carboxylic acids is 1. The Balaban J connectivity index is 1.30. The normalized spacial score (nSPS) is 20.6. The standard InChI is InChI=1S/C30H34N4O4/c1-3-20-6-4-5-7-22(15-20)38-23-8-11-33(18-23)30(36)24-16-25-27(14-19(24)2)32-29(35)26-17-31-34(28(25)26)21-9-12-37-13-10-21/h4-5,7,14-17,21,23H,3,6,8-13,18H2,1-2H3,(H,32,35). The molecule has 1 aromatic carbocycles. The lowest BCUT2D eigenvalue weighted by Crippen LogP contribution is -2.30. The predicted octanol–water partition coefficient (Wildman–Crippen LogP) is 4.95. The molecule has 1 atom stereocenters. The third kappa shape index (κ3) is 4.58. The number of carbonyl (C=O) groups is 1. The predicted molar refractivity (Wildman–Crippen MR) is 147 cm³/mol. The zero-order chi connectivity index (χ0) is 26.2. The van der Waals surface area contributed by atoms with Crippen LogP contribution in [0, 0.1) is 6.92 Å². The van der Waals surface area contributed by atoms with E-state index in [-0.39, 0.29) is 23.6 Å². The minimum Gasteiger partial charge on any atom is -0.489 e. The summed E-state index contributed by atoms with van der Waals surface area (Å²) in [4.78, 5) is 31.5. The number of H-pyrrole nitrogens is 1. The highest BCUT2D eigenvalue weighted by Crippen LogP contribution is 2.31. The number of nitrogens with one attached hydrogen (secondary N) is 1. The molecule has 2 aromatic heterocycles. The van der Waals surface area contributed by atoms with Gasteiger partial charge < -0.3 is 19.4 Å². The highest BCUT2D eigenvalue weighted by molar-refractivity contribution is 6.07. The molecule has 1 amide bonds. The molecule has 2 saturated heterocycles. The Morgan fingerprint density at radius 2 is 2.05 bits per heavy atom. The Kier molecular flexibility index (Phi) is 6.66. The lowest BCUT2D eigenvalue weighted by molar-refractivity contribution is 0.0675. The number of nitrogens with zero attached hydrogens (tertiary/aromatic N) is 3. The third-order valence-corrected chi connectivity index (χ3v) is 7.99. The van der Waals surface area contributed by atoms with E-state index in [0.29, 0.717) is 37.3 Å². The number of amides is 1. The van der Waals surface area contributed by atoms with Gasteiger partial charge in [-0.3, -0.25) is 14.3 Å². The van der Waals surface area contributed by atoms with Crippen molar-refractivity contribution < 1.29 is 14.3 Å². The number of pyridine rings is 1. The van der Waals surface area contributed by atoms with Crippen LogP contribution in [-0.2, 0) is 9.47 Å². The molecular formula is C30H34N4O4. The number of likely N-dealkylation sites (tertiary alicyclic amines) is 1. The van der Waals surface area contributed by atoms with Gasteiger partial charge in [-0.1, -0.05) is 24.6 Å². The fourth-order valence-corrected chi connectivity index (χ4v) is 5.81. The summed E-state index contributed by atoms with van der Waals surface area (Å²) in [6.07, 6.45) is 14.4. The van der Waals surface area contributed by atoms with Crippen LogP contribution in [0.3, 0.4) is 0 Å². The molecule has 0 bridgehead atoms. The van der Waals surface area contributed by atoms with E-state index in [9.17, 15) is 9.59 Å². The summed E-state index contributed by atoms with van der Waals surface area (Å²) in [5, 5.41) is 5.99. The second-order valence-corrected chi connectivity index (χ2v) is 10.5. The van der Waals surface area contributed by atoms with E-state index >= 15 is 0 Å². The molecule has 0 saturated carbocycles. The Hall–Kier alpha value is -3.65. The summed E-state index contributed by atoms with van der Waals surface area (Å²) in [6, 6.07) is 4.01. The number of aromatic nitrogens is 3. The van der Waals surface area contributed by atoms with E-state index in [0.717, 1.165) is 59.8 Å². The van der Waals surface area contributed by atoms with Crippen molar-refractivity contribution in [3.63, 3.8) is 0 Å². The van der Waals surface area contributed by atoms with Crippen LogP contribution in [-0.4, -0.2) is 58.0 Å². The van der Waals surface area contributed by atoms with Gasteiger partial charge in [0.2, 0.25) is 0 Å². The van der Waals surface area contributed by atoms with Crippen molar-refractivity contribution in [2.75, 3.05) is 26.3 Å². The fourth-order valence-electron chi connectivity index (χ4n) is 5.81. The van der Waals surface area contributed by atoms with E-state index in [2.05, 4.69) is 29.2 Å². The molecule has 6 rings (SSSR count). The zero-order valence-corrected chi connectivity index (χ0v) is 22.0. The van der Waals surface area contributed by atoms with Crippen LogP contribution >= 0.6 is 0 Å². The first-order chi connectivity index (χ1) is 18.5. The smallest absolute Gasteiger partial charge is 0.259 e. The van der Waals surface area contributed by atoms with Gasteiger partial charge in [-0.15, -0.1) is 0 Å². The molecule has 1 unspecified atom stereocenters. The maximum Gasteiger partial charge on any atom is 0.259 e. The van der Waals surface area contributed by atoms with Gasteiger partial charge in [0.1, 0.15) is 11.9 Å². The Morgan fingerprint density at radius 3 is 2.87 bits per heavy atom. The second kappa shape index (κ2) is 10.3. The molecule has 3 aliphatic rings. The summed E-state index contributed by atoms with van der Waals surface area (Å²) in [7, 11) is 0. The lowest BCUT2D eigenvalue weighted by atomic mass is 10.0. The molecule has 4 heterocycles. The Bertz CT molecular complexity index is 1540. The highest BCUT2D eigenvalue weighted by atomic mass is 16.5. The van der Waals surface area contributed by atoms with Gasteiger partial charge in [-0.2, -0.15) is 5.10 Å². The number of ether oxygens (including phenoxy) is 2. The molecule has 0 spiro atoms. The fraction of sp³-hybridized carbons (Fsp3) is 0.433. The first kappa shape index (κ1) is 24.7. The quantitative estimate of drug-likeness (QED) is 0.521. The van der Waals surface area contributed by atoms with Gasteiger partial charge in [-0.05, 0) is 62.5 Å². The summed E-state index contributed by atoms with van der Waals surface area (Å²) >= 11 is 0. The Morgan fingerprint density at radius 1 is 1.21 bits per heavy atom. The number of fused-ring (bicyclic) bond motifs is 3. The van der Waals surface area contributed by atoms with Crippen LogP contribution < -0.4 is 5.56 Å². The van der Waals surface area contributed by atoms with Gasteiger partial charge in [0.05, 0.1) is 35.2 Å². The van der Waals surface area contributed by atoms with Crippen molar-refractivity contribution in [3.05, 3.63) is 75.4 Å².